The van der Waals surface area contributed by atoms with E-state index in [1.807, 2.05) is 12.1 Å². The summed E-state index contributed by atoms with van der Waals surface area (Å²) in [5, 5.41) is 9.80. The number of cyclic esters (lactones) is 1. The molecule has 0 amide bonds. The third kappa shape index (κ3) is 1.81. The van der Waals surface area contributed by atoms with Gasteiger partial charge in [0.05, 0.1) is 12.7 Å². The molecule has 1 heterocycles. The van der Waals surface area contributed by atoms with E-state index in [9.17, 15) is 9.90 Å². The van der Waals surface area contributed by atoms with Gasteiger partial charge >= 0.3 is 5.97 Å². The first-order chi connectivity index (χ1) is 9.20. The van der Waals surface area contributed by atoms with Gasteiger partial charge in [0.1, 0.15) is 0 Å². The van der Waals surface area contributed by atoms with Crippen LogP contribution in [0.1, 0.15) is 27.6 Å². The Morgan fingerprint density at radius 3 is 2.74 bits per heavy atom. The van der Waals surface area contributed by atoms with Crippen LogP contribution in [-0.4, -0.2) is 18.2 Å². The van der Waals surface area contributed by atoms with Crippen molar-refractivity contribution in [1.29, 1.82) is 0 Å². The summed E-state index contributed by atoms with van der Waals surface area (Å²) in [5.41, 5.74) is 2.11. The summed E-state index contributed by atoms with van der Waals surface area (Å²) in [7, 11) is 1.49. The SMILES string of the molecule is COc1ccc(C2OC(=O)c3ccccc32)cc1O. The van der Waals surface area contributed by atoms with Gasteiger partial charge in [0, 0.05) is 11.1 Å². The molecule has 1 N–H and O–H groups in total. The number of hydrogen-bond donors (Lipinski definition) is 1. The highest BCUT2D eigenvalue weighted by molar-refractivity contribution is 5.94. The molecule has 2 aromatic rings. The lowest BCUT2D eigenvalue weighted by atomic mass is 9.99. The zero-order valence-corrected chi connectivity index (χ0v) is 10.3. The molecule has 0 saturated carbocycles. The highest BCUT2D eigenvalue weighted by Gasteiger charge is 2.32. The van der Waals surface area contributed by atoms with Crippen molar-refractivity contribution in [3.8, 4) is 11.5 Å². The average molecular weight is 256 g/mol. The number of carbonyl (C=O) groups excluding carboxylic acids is 1. The van der Waals surface area contributed by atoms with Crippen LogP contribution in [0, 0.1) is 0 Å². The molecular weight excluding hydrogens is 244 g/mol. The highest BCUT2D eigenvalue weighted by atomic mass is 16.5. The Labute approximate surface area is 110 Å². The third-order valence-corrected chi connectivity index (χ3v) is 3.19. The zero-order chi connectivity index (χ0) is 13.4. The minimum atomic E-state index is -0.472. The van der Waals surface area contributed by atoms with Crippen LogP contribution in [-0.2, 0) is 4.74 Å². The molecule has 4 nitrogen and oxygen atoms in total. The summed E-state index contributed by atoms with van der Waals surface area (Å²) in [4.78, 5) is 11.7. The van der Waals surface area contributed by atoms with Gasteiger partial charge < -0.3 is 14.6 Å². The number of fused-ring (bicyclic) bond motifs is 1. The van der Waals surface area contributed by atoms with Crippen molar-refractivity contribution in [2.24, 2.45) is 0 Å². The van der Waals surface area contributed by atoms with Crippen LogP contribution in [0.4, 0.5) is 0 Å². The molecule has 1 aliphatic rings. The van der Waals surface area contributed by atoms with Gasteiger partial charge in [-0.2, -0.15) is 0 Å². The number of carbonyl (C=O) groups is 1. The summed E-state index contributed by atoms with van der Waals surface area (Å²) in [6.07, 6.45) is -0.472. The lowest BCUT2D eigenvalue weighted by Crippen LogP contribution is -2.00. The lowest BCUT2D eigenvalue weighted by molar-refractivity contribution is 0.0455. The van der Waals surface area contributed by atoms with Crippen LogP contribution in [0.5, 0.6) is 11.5 Å². The lowest BCUT2D eigenvalue weighted by Gasteiger charge is -2.12. The van der Waals surface area contributed by atoms with Gasteiger partial charge in [0.25, 0.3) is 0 Å². The summed E-state index contributed by atoms with van der Waals surface area (Å²) in [6.45, 7) is 0. The van der Waals surface area contributed by atoms with E-state index in [2.05, 4.69) is 0 Å². The second-order valence-corrected chi connectivity index (χ2v) is 4.30. The van der Waals surface area contributed by atoms with E-state index in [0.717, 1.165) is 11.1 Å². The number of phenolic OH excluding ortho intramolecular Hbond substituents is 1. The van der Waals surface area contributed by atoms with Crippen molar-refractivity contribution in [2.45, 2.75) is 6.10 Å². The molecule has 0 aliphatic carbocycles. The molecule has 2 aromatic carbocycles. The summed E-state index contributed by atoms with van der Waals surface area (Å²) < 4.78 is 10.4. The standard InChI is InChI=1S/C15H12O4/c1-18-13-7-6-9(8-12(13)16)14-10-4-2-3-5-11(10)15(17)19-14/h2-8,14,16H,1H3. The molecule has 0 aromatic heterocycles. The van der Waals surface area contributed by atoms with E-state index in [4.69, 9.17) is 9.47 Å². The predicted molar refractivity (Wildman–Crippen MR) is 68.4 cm³/mol. The van der Waals surface area contributed by atoms with Crippen LogP contribution in [0.25, 0.3) is 0 Å². The number of methoxy groups -OCH3 is 1. The molecule has 96 valence electrons. The molecule has 1 aliphatic heterocycles. The Balaban J connectivity index is 2.05. The molecule has 0 fully saturated rings. The zero-order valence-electron chi connectivity index (χ0n) is 10.3. The number of ether oxygens (including phenoxy) is 2. The maximum Gasteiger partial charge on any atom is 0.339 e. The number of phenols is 1. The minimum absolute atomic E-state index is 0.0282. The number of esters is 1. The van der Waals surface area contributed by atoms with Gasteiger partial charge in [0.2, 0.25) is 0 Å². The molecule has 1 unspecified atom stereocenters. The van der Waals surface area contributed by atoms with E-state index < -0.39 is 6.10 Å². The number of aromatic hydroxyl groups is 1. The molecule has 1 atom stereocenters. The topological polar surface area (TPSA) is 55.8 Å². The van der Waals surface area contributed by atoms with Crippen LogP contribution in [0.2, 0.25) is 0 Å². The molecule has 0 bridgehead atoms. The Morgan fingerprint density at radius 2 is 2.00 bits per heavy atom. The van der Waals surface area contributed by atoms with Crippen LogP contribution < -0.4 is 4.74 Å². The summed E-state index contributed by atoms with van der Waals surface area (Å²) in [5.74, 6) is 0.0812. The molecular formula is C15H12O4. The van der Waals surface area contributed by atoms with Gasteiger partial charge in [-0.3, -0.25) is 0 Å². The Hall–Kier alpha value is -2.49. The van der Waals surface area contributed by atoms with Crippen molar-refractivity contribution in [2.75, 3.05) is 7.11 Å². The Bertz CT molecular complexity index is 648. The van der Waals surface area contributed by atoms with E-state index >= 15 is 0 Å². The molecule has 0 saturated heterocycles. The molecule has 0 spiro atoms. The third-order valence-electron chi connectivity index (χ3n) is 3.19. The van der Waals surface area contributed by atoms with Gasteiger partial charge in [-0.1, -0.05) is 24.3 Å². The fraction of sp³-hybridized carbons (Fsp3) is 0.133. The first-order valence-corrected chi connectivity index (χ1v) is 5.87. The van der Waals surface area contributed by atoms with Crippen molar-refractivity contribution in [3.05, 3.63) is 59.2 Å². The fourth-order valence-electron chi connectivity index (χ4n) is 2.26. The van der Waals surface area contributed by atoms with Crippen LogP contribution in [0.3, 0.4) is 0 Å². The van der Waals surface area contributed by atoms with E-state index in [1.54, 1.807) is 30.3 Å². The predicted octanol–water partition coefficient (Wildman–Crippen LogP) is 2.66. The largest absolute Gasteiger partial charge is 0.504 e. The normalized spacial score (nSPS) is 16.9. The maximum absolute atomic E-state index is 11.7. The smallest absolute Gasteiger partial charge is 0.339 e. The summed E-state index contributed by atoms with van der Waals surface area (Å²) in [6, 6.07) is 12.2. The fourth-order valence-corrected chi connectivity index (χ4v) is 2.26. The maximum atomic E-state index is 11.7. The first kappa shape index (κ1) is 11.6. The van der Waals surface area contributed by atoms with Gasteiger partial charge in [-0.25, -0.2) is 4.79 Å². The Kier molecular flexibility index (Phi) is 2.63. The van der Waals surface area contributed by atoms with Crippen molar-refractivity contribution >= 4 is 5.97 Å². The first-order valence-electron chi connectivity index (χ1n) is 5.87. The van der Waals surface area contributed by atoms with Crippen LogP contribution in [0.15, 0.2) is 42.5 Å². The quantitative estimate of drug-likeness (QED) is 0.839. The van der Waals surface area contributed by atoms with E-state index in [1.165, 1.54) is 7.11 Å². The average Bonchev–Trinajstić information content (AvgIpc) is 2.77. The van der Waals surface area contributed by atoms with E-state index in [0.29, 0.717) is 11.3 Å². The minimum Gasteiger partial charge on any atom is -0.504 e. The van der Waals surface area contributed by atoms with Crippen molar-refractivity contribution in [3.63, 3.8) is 0 Å². The van der Waals surface area contributed by atoms with Gasteiger partial charge in [-0.15, -0.1) is 0 Å². The van der Waals surface area contributed by atoms with Crippen molar-refractivity contribution in [1.82, 2.24) is 0 Å². The molecule has 3 rings (SSSR count). The van der Waals surface area contributed by atoms with Gasteiger partial charge in [0.15, 0.2) is 17.6 Å². The van der Waals surface area contributed by atoms with Crippen LogP contribution >= 0.6 is 0 Å². The highest BCUT2D eigenvalue weighted by Crippen LogP contribution is 2.38. The van der Waals surface area contributed by atoms with Gasteiger partial charge in [-0.05, 0) is 18.2 Å². The Morgan fingerprint density at radius 1 is 1.21 bits per heavy atom. The molecule has 4 heteroatoms. The number of hydrogen-bond acceptors (Lipinski definition) is 4. The van der Waals surface area contributed by atoms with E-state index in [-0.39, 0.29) is 11.7 Å². The molecule has 19 heavy (non-hydrogen) atoms. The van der Waals surface area contributed by atoms with Crippen molar-refractivity contribution < 1.29 is 19.4 Å². The number of rotatable bonds is 2. The molecule has 0 radical (unpaired) electrons. The monoisotopic (exact) mass is 256 g/mol. The second-order valence-electron chi connectivity index (χ2n) is 4.30. The summed E-state index contributed by atoms with van der Waals surface area (Å²) >= 11 is 0. The second kappa shape index (κ2) is 4.31. The number of benzene rings is 2.